The van der Waals surface area contributed by atoms with Gasteiger partial charge >= 0.3 is 0 Å². The van der Waals surface area contributed by atoms with Crippen molar-refractivity contribution in [3.8, 4) is 40.9 Å². The highest BCUT2D eigenvalue weighted by Gasteiger charge is 2.53. The first-order valence-electron chi connectivity index (χ1n) is 28.3. The first-order valence-corrected chi connectivity index (χ1v) is 28.3. The number of ether oxygens (including phenoxy) is 1. The van der Waals surface area contributed by atoms with Crippen LogP contribution in [0.1, 0.15) is 145 Å². The molecular weight excluding hydrogens is 981 g/mol. The molecule has 2 fully saturated rings. The fraction of sp³-hybridized carbons (Fsp3) is 0.446. The molecule has 13 heteroatoms. The zero-order valence-corrected chi connectivity index (χ0v) is 44.2. The van der Waals surface area contributed by atoms with Crippen LogP contribution in [0.4, 0.5) is 5.82 Å². The number of carbonyl (C=O) groups is 2. The summed E-state index contributed by atoms with van der Waals surface area (Å²) in [4.78, 5) is 38.8. The first-order chi connectivity index (χ1) is 37.9. The minimum Gasteiger partial charge on any atom is -0.507 e. The number of ketones is 2. The minimum atomic E-state index is -1.49. The number of phenolic OH excluding ortho intramolecular Hbond substituents is 2. The number of carbonyl (C=O) groups excluding carboxylic acids is 2. The molecule has 13 nitrogen and oxygen atoms in total. The van der Waals surface area contributed by atoms with Crippen LogP contribution < -0.4 is 15.4 Å². The van der Waals surface area contributed by atoms with Crippen molar-refractivity contribution in [3.63, 3.8) is 0 Å². The van der Waals surface area contributed by atoms with Crippen LogP contribution in [-0.2, 0) is 34.3 Å². The fourth-order valence-corrected chi connectivity index (χ4v) is 14.7. The molecular formula is C65H70N4O9. The van der Waals surface area contributed by atoms with Crippen molar-refractivity contribution < 1.29 is 45.0 Å². The molecule has 5 aliphatic carbocycles. The summed E-state index contributed by atoms with van der Waals surface area (Å²) in [7, 11) is 1.84. The van der Waals surface area contributed by atoms with Gasteiger partial charge < -0.3 is 56.0 Å². The maximum absolute atomic E-state index is 16.5. The number of benzene rings is 3. The largest absolute Gasteiger partial charge is 0.507 e. The molecule has 12 rings (SSSR count). The van der Waals surface area contributed by atoms with Gasteiger partial charge in [-0.2, -0.15) is 0 Å². The van der Waals surface area contributed by atoms with E-state index < -0.39 is 65.3 Å². The van der Waals surface area contributed by atoms with E-state index in [-0.39, 0.29) is 79.1 Å². The molecule has 1 spiro atoms. The molecule has 2 saturated carbocycles. The van der Waals surface area contributed by atoms with E-state index in [1.807, 2.05) is 55.8 Å². The number of aliphatic hydroxyl groups excluding tert-OH is 3. The SMILES string of the molecule is CNCC1C#CC2Nc3[nH]ccc3Cc3cc4ccc3C3(CCCC3C#CCC3=C2C(C(=O)C(CCO)C(=O)CCc2cc(OC5CCCC5)c(O)c(c2)C4O)C(CC2(O)C=Cc4c(O)cccc4CC2)c2cc[nH]c23)C1O. The summed E-state index contributed by atoms with van der Waals surface area (Å²) in [6.07, 6.45) is 11.7. The van der Waals surface area contributed by atoms with Crippen molar-refractivity contribution >= 4 is 29.0 Å². The Morgan fingerprint density at radius 3 is 2.54 bits per heavy atom. The van der Waals surface area contributed by atoms with Crippen molar-refractivity contribution in [2.75, 3.05) is 25.5 Å². The smallest absolute Gasteiger partial charge is 0.163 e. The topological polar surface area (TPSA) is 220 Å². The number of aromatic amines is 2. The lowest BCUT2D eigenvalue weighted by molar-refractivity contribution is -0.135. The Labute approximate surface area is 455 Å². The third-order valence-corrected chi connectivity index (χ3v) is 18.6. The van der Waals surface area contributed by atoms with E-state index >= 15 is 9.59 Å². The van der Waals surface area contributed by atoms with Gasteiger partial charge in [0, 0.05) is 78.9 Å². The average Bonchev–Trinajstić information content (AvgIpc) is 4.45. The molecule has 5 aromatic rings. The van der Waals surface area contributed by atoms with Crippen molar-refractivity contribution in [1.29, 1.82) is 0 Å². The van der Waals surface area contributed by atoms with Gasteiger partial charge in [0.2, 0.25) is 0 Å². The standard InChI is InChI=1S/C65H70N4O9/c1-66-36-41-16-18-52-56-48-12-5-8-43-9-6-25-65(43,62(41)76)51-17-15-39(33-42(51)34-40-22-28-68-63(40)69-52)59(73)49-31-37(32-55(60(49)74)78-44-10-2-3-11-44)14-19-54(72)47(24-30-70)61(75)57(56)50(46-23-29-67-58(46)48)35-64(77)26-20-38-7-4-13-53(71)45(38)21-27-64/h4,7,13,15,17,21-23,27-29,31-33,41,43-44,47,50,52,57,59,62,66-71,73-74,76-77H,2-3,6,9-12,14,19-20,24-26,30,34-36H2,1H3. The number of allylic oxidation sites excluding steroid dienone is 1. The van der Waals surface area contributed by atoms with Gasteiger partial charge in [-0.25, -0.2) is 0 Å². The molecule has 2 aromatic heterocycles. The normalized spacial score (nSPS) is 29.4. The maximum atomic E-state index is 16.5. The summed E-state index contributed by atoms with van der Waals surface area (Å²) < 4.78 is 6.52. The number of aromatic hydroxyl groups is 2. The third kappa shape index (κ3) is 9.17. The number of hydrogen-bond acceptors (Lipinski definition) is 11. The Kier molecular flexibility index (Phi) is 14.0. The Balaban J connectivity index is 1.12. The van der Waals surface area contributed by atoms with Gasteiger partial charge in [-0.1, -0.05) is 72.6 Å². The Morgan fingerprint density at radius 1 is 0.859 bits per heavy atom. The van der Waals surface area contributed by atoms with Crippen LogP contribution in [0.3, 0.4) is 0 Å². The molecule has 0 saturated heterocycles. The molecule has 10 N–H and O–H groups in total. The quantitative estimate of drug-likeness (QED) is 0.0527. The van der Waals surface area contributed by atoms with Gasteiger partial charge in [0.25, 0.3) is 0 Å². The lowest BCUT2D eigenvalue weighted by Crippen LogP contribution is -2.49. The van der Waals surface area contributed by atoms with E-state index in [9.17, 15) is 30.6 Å². The number of anilines is 1. The first kappa shape index (κ1) is 51.9. The van der Waals surface area contributed by atoms with Gasteiger partial charge in [0.1, 0.15) is 29.5 Å². The van der Waals surface area contributed by atoms with Crippen molar-refractivity contribution in [2.24, 2.45) is 23.7 Å². The summed E-state index contributed by atoms with van der Waals surface area (Å²) in [5.41, 5.74) is 6.11. The highest BCUT2D eigenvalue weighted by Crippen LogP contribution is 2.55. The summed E-state index contributed by atoms with van der Waals surface area (Å²) in [5.74, 6) is 10.6. The molecule has 404 valence electrons. The van der Waals surface area contributed by atoms with Crippen molar-refractivity contribution in [1.82, 2.24) is 15.3 Å². The van der Waals surface area contributed by atoms with E-state index in [4.69, 9.17) is 4.74 Å². The molecule has 0 amide bonds. The van der Waals surface area contributed by atoms with Crippen LogP contribution in [0.5, 0.6) is 17.2 Å². The molecule has 78 heavy (non-hydrogen) atoms. The lowest BCUT2D eigenvalue weighted by atomic mass is 9.62. The second kappa shape index (κ2) is 21.1. The zero-order chi connectivity index (χ0) is 53.9. The van der Waals surface area contributed by atoms with Crippen LogP contribution in [-0.4, -0.2) is 96.2 Å². The monoisotopic (exact) mass is 1050 g/mol. The Bertz CT molecular complexity index is 3360. The molecule has 10 atom stereocenters. The molecule has 6 bridgehead atoms. The van der Waals surface area contributed by atoms with Gasteiger partial charge in [-0.15, -0.1) is 0 Å². The predicted octanol–water partition coefficient (Wildman–Crippen LogP) is 8.22. The van der Waals surface area contributed by atoms with Crippen LogP contribution in [0.2, 0.25) is 0 Å². The number of fused-ring (bicyclic) bond motifs is 8. The number of phenols is 2. The summed E-state index contributed by atoms with van der Waals surface area (Å²) in [6.45, 7) is -0.123. The van der Waals surface area contributed by atoms with Crippen molar-refractivity contribution in [3.05, 3.63) is 140 Å². The van der Waals surface area contributed by atoms with Crippen molar-refractivity contribution in [2.45, 2.75) is 138 Å². The van der Waals surface area contributed by atoms with Crippen LogP contribution in [0.15, 0.2) is 84.7 Å². The van der Waals surface area contributed by atoms with Gasteiger partial charge in [-0.3, -0.25) is 9.59 Å². The maximum Gasteiger partial charge on any atom is 0.163 e. The van der Waals surface area contributed by atoms with E-state index in [1.165, 1.54) is 0 Å². The highest BCUT2D eigenvalue weighted by atomic mass is 16.5. The fourth-order valence-electron chi connectivity index (χ4n) is 14.7. The summed E-state index contributed by atoms with van der Waals surface area (Å²) >= 11 is 0. The van der Waals surface area contributed by atoms with E-state index in [0.29, 0.717) is 60.3 Å². The molecule has 4 heterocycles. The molecule has 10 unspecified atom stereocenters. The van der Waals surface area contributed by atoms with Crippen LogP contribution >= 0.6 is 0 Å². The summed E-state index contributed by atoms with van der Waals surface area (Å²) in [5, 5.41) is 80.2. The number of aliphatic hydroxyl groups is 4. The van der Waals surface area contributed by atoms with E-state index in [1.54, 1.807) is 36.4 Å². The van der Waals surface area contributed by atoms with Crippen LogP contribution in [0.25, 0.3) is 11.6 Å². The van der Waals surface area contributed by atoms with Gasteiger partial charge in [0.15, 0.2) is 17.3 Å². The van der Waals surface area contributed by atoms with E-state index in [0.717, 1.165) is 71.2 Å². The lowest BCUT2D eigenvalue weighted by Gasteiger charge is -2.43. The number of aromatic nitrogens is 2. The average molecular weight is 1050 g/mol. The molecule has 3 aromatic carbocycles. The second-order valence-corrected chi connectivity index (χ2v) is 23.1. The van der Waals surface area contributed by atoms with Crippen LogP contribution in [0, 0.1) is 47.4 Å². The Morgan fingerprint density at radius 2 is 1.71 bits per heavy atom. The second-order valence-electron chi connectivity index (χ2n) is 23.1. The molecule has 7 aliphatic rings. The number of aryl methyl sites for hydroxylation is 2. The zero-order valence-electron chi connectivity index (χ0n) is 44.2. The number of hydrogen-bond donors (Lipinski definition) is 10. The number of rotatable bonds is 8. The third-order valence-electron chi connectivity index (χ3n) is 18.6. The summed E-state index contributed by atoms with van der Waals surface area (Å²) in [6, 6.07) is 17.8. The number of H-pyrrole nitrogens is 2. The van der Waals surface area contributed by atoms with E-state index in [2.05, 4.69) is 44.3 Å². The van der Waals surface area contributed by atoms with Gasteiger partial charge in [0.05, 0.1) is 35.6 Å². The molecule has 2 aliphatic heterocycles. The predicted molar refractivity (Wildman–Crippen MR) is 298 cm³/mol. The Hall–Kier alpha value is -6.84. The number of nitrogens with one attached hydrogen (secondary N) is 4. The highest BCUT2D eigenvalue weighted by molar-refractivity contribution is 6.06. The minimum absolute atomic E-state index is 0.0586. The molecule has 0 radical (unpaired) electrons. The number of Topliss-reactive ketones (excluding diaryl/α,β-unsaturated/α-hetero) is 2. The van der Waals surface area contributed by atoms with Gasteiger partial charge in [-0.05, 0) is 158 Å².